The van der Waals surface area contributed by atoms with Crippen LogP contribution in [0.2, 0.25) is 0 Å². The van der Waals surface area contributed by atoms with Crippen LogP contribution >= 0.6 is 0 Å². The molecule has 1 amide bonds. The number of para-hydroxylation sites is 1. The average molecular weight is 385 g/mol. The zero-order valence-corrected chi connectivity index (χ0v) is 16.5. The monoisotopic (exact) mass is 385 g/mol. The number of H-pyrrole nitrogens is 1. The molecular formula is C23H23N5O. The van der Waals surface area contributed by atoms with Gasteiger partial charge in [0.1, 0.15) is 17.8 Å². The Morgan fingerprint density at radius 1 is 1.07 bits per heavy atom. The van der Waals surface area contributed by atoms with Crippen molar-refractivity contribution in [2.75, 3.05) is 17.2 Å². The molecule has 2 heterocycles. The molecule has 0 unspecified atom stereocenters. The largest absolute Gasteiger partial charge is 0.370 e. The van der Waals surface area contributed by atoms with E-state index in [1.807, 2.05) is 50.4 Å². The molecule has 0 spiro atoms. The lowest BCUT2D eigenvalue weighted by Crippen LogP contribution is -2.16. The van der Waals surface area contributed by atoms with Crippen molar-refractivity contribution in [3.63, 3.8) is 0 Å². The van der Waals surface area contributed by atoms with Gasteiger partial charge >= 0.3 is 0 Å². The molecule has 0 aliphatic rings. The molecule has 4 aromatic rings. The summed E-state index contributed by atoms with van der Waals surface area (Å²) in [6, 6.07) is 15.8. The molecule has 4 rings (SSSR count). The van der Waals surface area contributed by atoms with E-state index in [1.54, 1.807) is 6.07 Å². The number of aromatic nitrogens is 3. The Bertz CT molecular complexity index is 1160. The van der Waals surface area contributed by atoms with Gasteiger partial charge in [-0.05, 0) is 43.5 Å². The first-order valence-electron chi connectivity index (χ1n) is 9.59. The zero-order valence-electron chi connectivity index (χ0n) is 16.5. The first-order chi connectivity index (χ1) is 14.1. The Morgan fingerprint density at radius 3 is 2.79 bits per heavy atom. The van der Waals surface area contributed by atoms with E-state index in [9.17, 15) is 4.79 Å². The maximum atomic E-state index is 12.6. The molecule has 3 N–H and O–H groups in total. The Morgan fingerprint density at radius 2 is 1.93 bits per heavy atom. The smallest absolute Gasteiger partial charge is 0.274 e. The summed E-state index contributed by atoms with van der Waals surface area (Å²) in [7, 11) is 0. The summed E-state index contributed by atoms with van der Waals surface area (Å²) in [5, 5.41) is 7.43. The normalized spacial score (nSPS) is 10.8. The lowest BCUT2D eigenvalue weighted by molar-refractivity contribution is 0.102. The third-order valence-electron chi connectivity index (χ3n) is 4.91. The molecule has 6 nitrogen and oxygen atoms in total. The Kier molecular flexibility index (Phi) is 5.24. The van der Waals surface area contributed by atoms with Crippen LogP contribution in [0.4, 0.5) is 11.5 Å². The van der Waals surface area contributed by atoms with E-state index in [-0.39, 0.29) is 5.91 Å². The molecule has 0 aliphatic carbocycles. The van der Waals surface area contributed by atoms with Crippen molar-refractivity contribution in [2.45, 2.75) is 20.3 Å². The van der Waals surface area contributed by atoms with Gasteiger partial charge in [-0.15, -0.1) is 0 Å². The van der Waals surface area contributed by atoms with Crippen LogP contribution in [0.15, 0.2) is 61.1 Å². The summed E-state index contributed by atoms with van der Waals surface area (Å²) in [5.41, 5.74) is 5.67. The highest BCUT2D eigenvalue weighted by atomic mass is 16.1. The SMILES string of the molecule is Cc1ccc(NC(=O)c2cc(NCCc3c[nH]c4ccccc34)ncn2)c(C)c1. The predicted molar refractivity (Wildman–Crippen MR) is 116 cm³/mol. The fourth-order valence-electron chi connectivity index (χ4n) is 3.38. The lowest BCUT2D eigenvalue weighted by Gasteiger charge is -2.10. The highest BCUT2D eigenvalue weighted by Crippen LogP contribution is 2.19. The molecule has 2 aromatic heterocycles. The summed E-state index contributed by atoms with van der Waals surface area (Å²) in [4.78, 5) is 24.2. The van der Waals surface area contributed by atoms with Gasteiger partial charge in [-0.1, -0.05) is 35.9 Å². The second-order valence-corrected chi connectivity index (χ2v) is 7.10. The van der Waals surface area contributed by atoms with Crippen LogP contribution in [-0.4, -0.2) is 27.4 Å². The van der Waals surface area contributed by atoms with Crippen molar-refractivity contribution in [3.8, 4) is 0 Å². The molecule has 2 aromatic carbocycles. The number of aryl methyl sites for hydroxylation is 2. The topological polar surface area (TPSA) is 82.7 Å². The molecule has 0 bridgehead atoms. The van der Waals surface area contributed by atoms with Crippen LogP contribution < -0.4 is 10.6 Å². The Labute approximate surface area is 169 Å². The highest BCUT2D eigenvalue weighted by Gasteiger charge is 2.11. The number of nitrogens with one attached hydrogen (secondary N) is 3. The molecular weight excluding hydrogens is 362 g/mol. The van der Waals surface area contributed by atoms with Gasteiger partial charge in [0.15, 0.2) is 0 Å². The van der Waals surface area contributed by atoms with E-state index >= 15 is 0 Å². The predicted octanol–water partition coefficient (Wildman–Crippen LogP) is 4.48. The van der Waals surface area contributed by atoms with Crippen LogP contribution in [0.25, 0.3) is 10.9 Å². The van der Waals surface area contributed by atoms with E-state index in [1.165, 1.54) is 17.3 Å². The quantitative estimate of drug-likeness (QED) is 0.457. The van der Waals surface area contributed by atoms with E-state index in [2.05, 4.69) is 37.7 Å². The maximum Gasteiger partial charge on any atom is 0.274 e. The van der Waals surface area contributed by atoms with Crippen LogP contribution in [0.3, 0.4) is 0 Å². The number of aromatic amines is 1. The average Bonchev–Trinajstić information content (AvgIpc) is 3.13. The van der Waals surface area contributed by atoms with Crippen LogP contribution in [0.1, 0.15) is 27.2 Å². The van der Waals surface area contributed by atoms with Gasteiger partial charge in [0.2, 0.25) is 0 Å². The molecule has 0 atom stereocenters. The number of nitrogens with zero attached hydrogens (tertiary/aromatic N) is 2. The first-order valence-corrected chi connectivity index (χ1v) is 9.59. The van der Waals surface area contributed by atoms with Crippen molar-refractivity contribution in [1.29, 1.82) is 0 Å². The summed E-state index contributed by atoms with van der Waals surface area (Å²) in [6.07, 6.45) is 4.29. The number of anilines is 2. The molecule has 146 valence electrons. The van der Waals surface area contributed by atoms with Crippen LogP contribution in [0, 0.1) is 13.8 Å². The van der Waals surface area contributed by atoms with Crippen molar-refractivity contribution in [1.82, 2.24) is 15.0 Å². The van der Waals surface area contributed by atoms with Crippen molar-refractivity contribution in [3.05, 3.63) is 83.4 Å². The van der Waals surface area contributed by atoms with Crippen LogP contribution in [0.5, 0.6) is 0 Å². The van der Waals surface area contributed by atoms with Gasteiger partial charge in [-0.2, -0.15) is 0 Å². The number of carbonyl (C=O) groups excluding carboxylic acids is 1. The number of benzene rings is 2. The number of hydrogen-bond donors (Lipinski definition) is 3. The number of amides is 1. The third-order valence-corrected chi connectivity index (χ3v) is 4.91. The van der Waals surface area contributed by atoms with Gasteiger partial charge in [0.05, 0.1) is 0 Å². The van der Waals surface area contributed by atoms with E-state index < -0.39 is 0 Å². The molecule has 29 heavy (non-hydrogen) atoms. The van der Waals surface area contributed by atoms with E-state index in [4.69, 9.17) is 0 Å². The summed E-state index contributed by atoms with van der Waals surface area (Å²) in [5.74, 6) is 0.379. The fraction of sp³-hybridized carbons (Fsp3) is 0.174. The number of hydrogen-bond acceptors (Lipinski definition) is 4. The molecule has 0 radical (unpaired) electrons. The molecule has 0 aliphatic heterocycles. The van der Waals surface area contributed by atoms with Crippen molar-refractivity contribution < 1.29 is 4.79 Å². The lowest BCUT2D eigenvalue weighted by atomic mass is 10.1. The van der Waals surface area contributed by atoms with Crippen molar-refractivity contribution in [2.24, 2.45) is 0 Å². The van der Waals surface area contributed by atoms with Gasteiger partial charge in [-0.25, -0.2) is 9.97 Å². The fourth-order valence-corrected chi connectivity index (χ4v) is 3.38. The van der Waals surface area contributed by atoms with Crippen molar-refractivity contribution >= 4 is 28.3 Å². The molecule has 6 heteroatoms. The van der Waals surface area contributed by atoms with Gasteiger partial charge in [0.25, 0.3) is 5.91 Å². The number of fused-ring (bicyclic) bond motifs is 1. The highest BCUT2D eigenvalue weighted by molar-refractivity contribution is 6.03. The van der Waals surface area contributed by atoms with Gasteiger partial charge < -0.3 is 15.6 Å². The summed E-state index contributed by atoms with van der Waals surface area (Å²) < 4.78 is 0. The van der Waals surface area contributed by atoms with E-state index in [0.29, 0.717) is 18.1 Å². The zero-order chi connectivity index (χ0) is 20.2. The van der Waals surface area contributed by atoms with Gasteiger partial charge in [0, 0.05) is 35.4 Å². The molecule has 0 saturated heterocycles. The Balaban J connectivity index is 1.39. The third kappa shape index (κ3) is 4.27. The first kappa shape index (κ1) is 18.7. The summed E-state index contributed by atoms with van der Waals surface area (Å²) in [6.45, 7) is 4.70. The minimum atomic E-state index is -0.251. The number of rotatable bonds is 6. The minimum absolute atomic E-state index is 0.251. The summed E-state index contributed by atoms with van der Waals surface area (Å²) >= 11 is 0. The maximum absolute atomic E-state index is 12.6. The second kappa shape index (κ2) is 8.14. The molecule has 0 saturated carbocycles. The second-order valence-electron chi connectivity index (χ2n) is 7.10. The standard InChI is InChI=1S/C23H23N5O/c1-15-7-8-19(16(2)11-15)28-23(29)21-12-22(27-14-26-21)24-10-9-17-13-25-20-6-4-3-5-18(17)20/h3-8,11-14,25H,9-10H2,1-2H3,(H,28,29)(H,24,26,27). The number of carbonyl (C=O) groups is 1. The van der Waals surface area contributed by atoms with Crippen LogP contribution in [-0.2, 0) is 6.42 Å². The van der Waals surface area contributed by atoms with E-state index in [0.717, 1.165) is 28.8 Å². The minimum Gasteiger partial charge on any atom is -0.370 e. The van der Waals surface area contributed by atoms with Gasteiger partial charge in [-0.3, -0.25) is 4.79 Å². The Hall–Kier alpha value is -3.67. The molecule has 0 fully saturated rings.